The molecule has 0 amide bonds. The highest BCUT2D eigenvalue weighted by Crippen LogP contribution is 2.32. The predicted octanol–water partition coefficient (Wildman–Crippen LogP) is 3.58. The van der Waals surface area contributed by atoms with Crippen LogP contribution in [0.15, 0.2) is 42.5 Å². The summed E-state index contributed by atoms with van der Waals surface area (Å²) in [4.78, 5) is 0. The Labute approximate surface area is 132 Å². The topological polar surface area (TPSA) is 58.9 Å². The Morgan fingerprint density at radius 2 is 2.00 bits per heavy atom. The van der Waals surface area contributed by atoms with Crippen molar-refractivity contribution in [2.75, 3.05) is 6.79 Å². The van der Waals surface area contributed by atoms with Crippen molar-refractivity contribution in [2.24, 2.45) is 0 Å². The van der Waals surface area contributed by atoms with Crippen LogP contribution in [0, 0.1) is 0 Å². The van der Waals surface area contributed by atoms with Gasteiger partial charge in [0.05, 0.1) is 12.2 Å². The highest BCUT2D eigenvalue weighted by molar-refractivity contribution is 5.44. The fourth-order valence-electron chi connectivity index (χ4n) is 1.79. The molecule has 2 rings (SSSR count). The van der Waals surface area contributed by atoms with Gasteiger partial charge in [0, 0.05) is 0 Å². The second kappa shape index (κ2) is 8.61. The van der Waals surface area contributed by atoms with Gasteiger partial charge in [0.2, 0.25) is 6.79 Å². The fraction of sp³-hybridized carbons (Fsp3) is 0.444. The summed E-state index contributed by atoms with van der Waals surface area (Å²) in [7, 11) is 0. The smallest absolute Gasteiger partial charge is 0.231 e. The van der Waals surface area contributed by atoms with E-state index < -0.39 is 5.60 Å². The van der Waals surface area contributed by atoms with Gasteiger partial charge >= 0.3 is 0 Å². The Balaban J connectivity index is 0.000000220. The van der Waals surface area contributed by atoms with E-state index in [0.717, 1.165) is 29.9 Å². The molecule has 2 N–H and O–H groups in total. The number of ether oxygens (including phenoxy) is 2. The number of fused-ring (bicyclic) bond motifs is 1. The third-order valence-corrected chi connectivity index (χ3v) is 3.26. The molecule has 1 heterocycles. The fourth-order valence-corrected chi connectivity index (χ4v) is 1.79. The molecule has 4 nitrogen and oxygen atoms in total. The first kappa shape index (κ1) is 18.3. The van der Waals surface area contributed by atoms with Crippen molar-refractivity contribution in [3.8, 4) is 11.5 Å². The minimum absolute atomic E-state index is 0.0383. The number of rotatable bonds is 5. The van der Waals surface area contributed by atoms with Gasteiger partial charge in [-0.05, 0) is 51.3 Å². The lowest BCUT2D eigenvalue weighted by Crippen LogP contribution is -2.19. The van der Waals surface area contributed by atoms with Gasteiger partial charge in [-0.1, -0.05) is 23.8 Å². The van der Waals surface area contributed by atoms with Crippen LogP contribution in [0.25, 0.3) is 0 Å². The molecule has 4 heteroatoms. The lowest BCUT2D eigenvalue weighted by atomic mass is 10.00. The minimum atomic E-state index is -0.702. The van der Waals surface area contributed by atoms with Crippen molar-refractivity contribution in [3.05, 3.63) is 48.1 Å². The van der Waals surface area contributed by atoms with E-state index in [0.29, 0.717) is 0 Å². The number of benzene rings is 1. The van der Waals surface area contributed by atoms with Gasteiger partial charge in [0.1, 0.15) is 0 Å². The van der Waals surface area contributed by atoms with Gasteiger partial charge in [-0.3, -0.25) is 0 Å². The van der Waals surface area contributed by atoms with Gasteiger partial charge < -0.3 is 19.7 Å². The number of aliphatic hydroxyl groups is 2. The molecule has 1 aromatic rings. The summed E-state index contributed by atoms with van der Waals surface area (Å²) in [5.41, 5.74) is 1.44. The van der Waals surface area contributed by atoms with E-state index in [2.05, 4.69) is 26.5 Å². The van der Waals surface area contributed by atoms with Crippen LogP contribution in [0.1, 0.15) is 39.2 Å². The van der Waals surface area contributed by atoms with Gasteiger partial charge in [-0.2, -0.15) is 0 Å². The molecule has 1 aromatic carbocycles. The van der Waals surface area contributed by atoms with E-state index in [1.165, 1.54) is 5.57 Å². The molecule has 1 aliphatic heterocycles. The zero-order valence-corrected chi connectivity index (χ0v) is 13.6. The van der Waals surface area contributed by atoms with Crippen LogP contribution < -0.4 is 9.47 Å². The van der Waals surface area contributed by atoms with Gasteiger partial charge in [-0.15, -0.1) is 6.58 Å². The number of aliphatic hydroxyl groups excluding tert-OH is 1. The molecular weight excluding hydrogens is 280 g/mol. The number of allylic oxidation sites excluding steroid dienone is 2. The lowest BCUT2D eigenvalue weighted by molar-refractivity contribution is 0.103. The second-order valence-electron chi connectivity index (χ2n) is 5.73. The normalized spacial score (nSPS) is 14.4. The Morgan fingerprint density at radius 3 is 2.59 bits per heavy atom. The molecule has 1 aliphatic rings. The molecule has 0 aromatic heterocycles. The molecule has 0 saturated heterocycles. The van der Waals surface area contributed by atoms with E-state index in [-0.39, 0.29) is 13.4 Å². The van der Waals surface area contributed by atoms with Crippen LogP contribution in [0.3, 0.4) is 0 Å². The van der Waals surface area contributed by atoms with E-state index in [9.17, 15) is 5.11 Å². The zero-order chi connectivity index (χ0) is 16.6. The maximum atomic E-state index is 9.49. The summed E-state index contributed by atoms with van der Waals surface area (Å²) in [6, 6.07) is 5.39. The molecule has 0 bridgehead atoms. The van der Waals surface area contributed by atoms with Crippen molar-refractivity contribution < 1.29 is 19.7 Å². The van der Waals surface area contributed by atoms with Crippen LogP contribution in [0.2, 0.25) is 0 Å². The summed E-state index contributed by atoms with van der Waals surface area (Å²) in [5.74, 6) is 1.47. The summed E-state index contributed by atoms with van der Waals surface area (Å²) >= 11 is 0. The first-order chi connectivity index (χ1) is 10.4. The van der Waals surface area contributed by atoms with E-state index in [1.807, 2.05) is 6.07 Å². The highest BCUT2D eigenvalue weighted by Gasteiger charge is 2.13. The van der Waals surface area contributed by atoms with Crippen LogP contribution in [-0.2, 0) is 6.61 Å². The summed E-state index contributed by atoms with van der Waals surface area (Å²) in [6.07, 6.45) is 5.38. The second-order valence-corrected chi connectivity index (χ2v) is 5.73. The zero-order valence-electron chi connectivity index (χ0n) is 13.6. The monoisotopic (exact) mass is 306 g/mol. The molecule has 0 spiro atoms. The third kappa shape index (κ3) is 6.33. The molecule has 22 heavy (non-hydrogen) atoms. The highest BCUT2D eigenvalue weighted by atomic mass is 16.7. The predicted molar refractivity (Wildman–Crippen MR) is 88.0 cm³/mol. The van der Waals surface area contributed by atoms with Gasteiger partial charge in [0.25, 0.3) is 0 Å². The van der Waals surface area contributed by atoms with Crippen LogP contribution in [0.5, 0.6) is 11.5 Å². The first-order valence-electron chi connectivity index (χ1n) is 7.36. The SMILES string of the molecule is C=CC(C)(O)CCC=C(C)C.OCc1ccc2c(c1)OCO2. The van der Waals surface area contributed by atoms with Crippen LogP contribution in [0.4, 0.5) is 0 Å². The summed E-state index contributed by atoms with van der Waals surface area (Å²) in [5, 5.41) is 18.3. The number of hydrogen-bond acceptors (Lipinski definition) is 4. The Bertz CT molecular complexity index is 514. The van der Waals surface area contributed by atoms with Crippen molar-refractivity contribution >= 4 is 0 Å². The van der Waals surface area contributed by atoms with E-state index in [1.54, 1.807) is 25.1 Å². The molecule has 1 atom stereocenters. The van der Waals surface area contributed by atoms with Crippen molar-refractivity contribution in [1.82, 2.24) is 0 Å². The molecule has 0 radical (unpaired) electrons. The Hall–Kier alpha value is -1.78. The molecule has 1 unspecified atom stereocenters. The summed E-state index contributed by atoms with van der Waals surface area (Å²) < 4.78 is 10.2. The number of hydrogen-bond donors (Lipinski definition) is 2. The molecular formula is C18H26O4. The van der Waals surface area contributed by atoms with Crippen molar-refractivity contribution in [1.29, 1.82) is 0 Å². The van der Waals surface area contributed by atoms with Crippen molar-refractivity contribution in [3.63, 3.8) is 0 Å². The van der Waals surface area contributed by atoms with Gasteiger partial charge in [-0.25, -0.2) is 0 Å². The molecule has 122 valence electrons. The minimum Gasteiger partial charge on any atom is -0.454 e. The quantitative estimate of drug-likeness (QED) is 0.816. The first-order valence-corrected chi connectivity index (χ1v) is 7.36. The van der Waals surface area contributed by atoms with Gasteiger partial charge in [0.15, 0.2) is 11.5 Å². The average molecular weight is 306 g/mol. The average Bonchev–Trinajstić information content (AvgIpc) is 2.94. The molecule has 0 fully saturated rings. The van der Waals surface area contributed by atoms with E-state index in [4.69, 9.17) is 14.6 Å². The Kier molecular flexibility index (Phi) is 7.15. The standard InChI is InChI=1S/C10H18O.C8H8O3/c1-5-10(4,11)8-6-7-9(2)3;9-4-6-1-2-7-8(3-6)11-5-10-7/h5,7,11H,1,6,8H2,2-4H3;1-3,9H,4-5H2. The third-order valence-electron chi connectivity index (χ3n) is 3.26. The van der Waals surface area contributed by atoms with Crippen LogP contribution in [-0.4, -0.2) is 22.6 Å². The Morgan fingerprint density at radius 1 is 1.32 bits per heavy atom. The molecule has 0 aliphatic carbocycles. The summed E-state index contributed by atoms with van der Waals surface area (Å²) in [6.45, 7) is 9.77. The maximum absolute atomic E-state index is 9.49. The largest absolute Gasteiger partial charge is 0.454 e. The lowest BCUT2D eigenvalue weighted by Gasteiger charge is -2.16. The van der Waals surface area contributed by atoms with Crippen molar-refractivity contribution in [2.45, 2.75) is 45.8 Å². The van der Waals surface area contributed by atoms with Crippen LogP contribution >= 0.6 is 0 Å². The van der Waals surface area contributed by atoms with E-state index >= 15 is 0 Å². The molecule has 0 saturated carbocycles. The maximum Gasteiger partial charge on any atom is 0.231 e.